The van der Waals surface area contributed by atoms with Crippen molar-refractivity contribution in [3.63, 3.8) is 0 Å². The molecule has 0 bridgehead atoms. The number of fused-ring (bicyclic) bond motifs is 1. The molecule has 4 rings (SSSR count). The molecular weight excluding hydrogens is 442 g/mol. The van der Waals surface area contributed by atoms with Crippen LogP contribution in [0.1, 0.15) is 20.4 Å². The predicted molar refractivity (Wildman–Crippen MR) is 127 cm³/mol. The van der Waals surface area contributed by atoms with Gasteiger partial charge in [-0.2, -0.15) is 0 Å². The van der Waals surface area contributed by atoms with E-state index < -0.39 is 11.8 Å². The van der Waals surface area contributed by atoms with Crippen molar-refractivity contribution >= 4 is 51.9 Å². The average molecular weight is 466 g/mol. The first-order chi connectivity index (χ1) is 15.8. The fourth-order valence-corrected chi connectivity index (χ4v) is 4.32. The van der Waals surface area contributed by atoms with E-state index in [2.05, 4.69) is 20.6 Å². The third kappa shape index (κ3) is 4.93. The molecule has 0 unspecified atom stereocenters. The van der Waals surface area contributed by atoms with Gasteiger partial charge in [0.25, 0.3) is 5.91 Å². The molecule has 4 N–H and O–H groups in total. The second kappa shape index (κ2) is 9.25. The zero-order chi connectivity index (χ0) is 23.5. The maximum absolute atomic E-state index is 12.7. The smallest absolute Gasteiger partial charge is 0.313 e. The summed E-state index contributed by atoms with van der Waals surface area (Å²) in [7, 11) is 3.72. The maximum Gasteiger partial charge on any atom is 0.313 e. The van der Waals surface area contributed by atoms with Gasteiger partial charge >= 0.3 is 11.8 Å². The molecule has 11 heteroatoms. The first kappa shape index (κ1) is 22.2. The van der Waals surface area contributed by atoms with Crippen LogP contribution >= 0.6 is 11.3 Å². The summed E-state index contributed by atoms with van der Waals surface area (Å²) in [4.78, 5) is 50.5. The van der Waals surface area contributed by atoms with Crippen molar-refractivity contribution in [2.45, 2.75) is 13.0 Å². The van der Waals surface area contributed by atoms with Crippen LogP contribution in [0.5, 0.6) is 0 Å². The number of hydrogen-bond donors (Lipinski definition) is 3. The summed E-state index contributed by atoms with van der Waals surface area (Å²) in [6, 6.07) is 10.4. The number of nitrogens with one attached hydrogen (secondary N) is 2. The lowest BCUT2D eigenvalue weighted by atomic mass is 10.2. The molecule has 0 aliphatic carbocycles. The summed E-state index contributed by atoms with van der Waals surface area (Å²) in [5.41, 5.74) is 8.05. The molecule has 3 aromatic rings. The molecule has 0 radical (unpaired) electrons. The number of benzene rings is 1. The van der Waals surface area contributed by atoms with Crippen LogP contribution in [0.15, 0.2) is 42.6 Å². The van der Waals surface area contributed by atoms with E-state index in [9.17, 15) is 14.4 Å². The number of rotatable bonds is 4. The highest BCUT2D eigenvalue weighted by atomic mass is 32.1. The van der Waals surface area contributed by atoms with Gasteiger partial charge in [-0.05, 0) is 24.3 Å². The van der Waals surface area contributed by atoms with Crippen molar-refractivity contribution in [2.75, 3.05) is 41.9 Å². The van der Waals surface area contributed by atoms with Gasteiger partial charge in [-0.3, -0.25) is 14.4 Å². The number of nitrogens with two attached hydrogens (primary N) is 1. The summed E-state index contributed by atoms with van der Waals surface area (Å²) in [6.07, 6.45) is 1.97. The van der Waals surface area contributed by atoms with Gasteiger partial charge < -0.3 is 26.2 Å². The molecule has 1 aromatic carbocycles. The molecule has 3 heterocycles. The number of anilines is 4. The van der Waals surface area contributed by atoms with Gasteiger partial charge in [-0.15, -0.1) is 11.3 Å². The quantitative estimate of drug-likeness (QED) is 0.396. The van der Waals surface area contributed by atoms with E-state index in [1.165, 1.54) is 22.4 Å². The summed E-state index contributed by atoms with van der Waals surface area (Å²) < 4.78 is 0. The van der Waals surface area contributed by atoms with Gasteiger partial charge in [0.15, 0.2) is 5.01 Å². The zero-order valence-electron chi connectivity index (χ0n) is 18.2. The summed E-state index contributed by atoms with van der Waals surface area (Å²) in [6.45, 7) is 0.561. The zero-order valence-corrected chi connectivity index (χ0v) is 19.0. The lowest BCUT2D eigenvalue weighted by Crippen LogP contribution is -2.42. The molecule has 1 aliphatic heterocycles. The highest BCUT2D eigenvalue weighted by Gasteiger charge is 2.29. The van der Waals surface area contributed by atoms with Crippen LogP contribution in [-0.4, -0.2) is 53.2 Å². The van der Waals surface area contributed by atoms with Crippen molar-refractivity contribution in [3.8, 4) is 0 Å². The van der Waals surface area contributed by atoms with Crippen LogP contribution in [0.25, 0.3) is 0 Å². The van der Waals surface area contributed by atoms with E-state index in [1.807, 2.05) is 19.0 Å². The van der Waals surface area contributed by atoms with Crippen molar-refractivity contribution in [3.05, 3.63) is 58.2 Å². The standard InChI is InChI=1S/C22H23N7O3S/c1-28(2)18-8-7-13(11-24-18)25-20(31)22(32)29-10-9-16-17(12-29)33-21(27-16)19(30)26-15-6-4-3-5-14(15)23/h3-8,11H,9-10,12,23H2,1-2H3,(H,25,31)(H,26,30). The Morgan fingerprint density at radius 2 is 1.91 bits per heavy atom. The Bertz CT molecular complexity index is 1210. The molecular formula is C22H23N7O3S. The first-order valence-electron chi connectivity index (χ1n) is 10.2. The Labute approximate surface area is 194 Å². The minimum absolute atomic E-state index is 0.220. The Kier molecular flexibility index (Phi) is 6.22. The van der Waals surface area contributed by atoms with Crippen molar-refractivity contribution < 1.29 is 14.4 Å². The van der Waals surface area contributed by atoms with E-state index in [-0.39, 0.29) is 17.5 Å². The normalized spacial score (nSPS) is 12.6. The fourth-order valence-electron chi connectivity index (χ4n) is 3.31. The SMILES string of the molecule is CN(C)c1ccc(NC(=O)C(=O)N2CCc3nc(C(=O)Nc4ccccc4N)sc3C2)cn1. The first-order valence-corrected chi connectivity index (χ1v) is 11.0. The third-order valence-electron chi connectivity index (χ3n) is 5.08. The molecule has 170 valence electrons. The number of carbonyl (C=O) groups is 3. The number of nitrogen functional groups attached to an aromatic ring is 1. The highest BCUT2D eigenvalue weighted by molar-refractivity contribution is 7.13. The predicted octanol–water partition coefficient (Wildman–Crippen LogP) is 1.96. The van der Waals surface area contributed by atoms with Gasteiger partial charge in [-0.25, -0.2) is 9.97 Å². The number of nitrogens with zero attached hydrogens (tertiary/aromatic N) is 4. The summed E-state index contributed by atoms with van der Waals surface area (Å²) in [5, 5.41) is 5.63. The number of thiazole rings is 1. The van der Waals surface area contributed by atoms with Crippen molar-refractivity contribution in [1.29, 1.82) is 0 Å². The van der Waals surface area contributed by atoms with Crippen molar-refractivity contribution in [2.24, 2.45) is 0 Å². The lowest BCUT2D eigenvalue weighted by molar-refractivity contribution is -0.143. The van der Waals surface area contributed by atoms with Crippen molar-refractivity contribution in [1.82, 2.24) is 14.9 Å². The van der Waals surface area contributed by atoms with Gasteiger partial charge in [0.2, 0.25) is 0 Å². The monoisotopic (exact) mass is 465 g/mol. The molecule has 0 atom stereocenters. The molecule has 1 aliphatic rings. The number of hydrogen-bond acceptors (Lipinski definition) is 8. The molecule has 33 heavy (non-hydrogen) atoms. The van der Waals surface area contributed by atoms with E-state index in [0.29, 0.717) is 30.0 Å². The van der Waals surface area contributed by atoms with Crippen LogP contribution in [0, 0.1) is 0 Å². The van der Waals surface area contributed by atoms with Crippen LogP contribution < -0.4 is 21.3 Å². The summed E-state index contributed by atoms with van der Waals surface area (Å²) in [5.74, 6) is -1.01. The van der Waals surface area contributed by atoms with Gasteiger partial charge in [-0.1, -0.05) is 12.1 Å². The van der Waals surface area contributed by atoms with Gasteiger partial charge in [0.05, 0.1) is 35.5 Å². The Morgan fingerprint density at radius 1 is 1.12 bits per heavy atom. The van der Waals surface area contributed by atoms with Crippen LogP contribution in [0.3, 0.4) is 0 Å². The molecule has 0 fully saturated rings. The van der Waals surface area contributed by atoms with E-state index in [0.717, 1.165) is 16.4 Å². The molecule has 0 spiro atoms. The highest BCUT2D eigenvalue weighted by Crippen LogP contribution is 2.27. The summed E-state index contributed by atoms with van der Waals surface area (Å²) >= 11 is 1.21. The number of amides is 3. The largest absolute Gasteiger partial charge is 0.397 e. The number of para-hydroxylation sites is 2. The number of aromatic nitrogens is 2. The Hall–Kier alpha value is -3.99. The molecule has 10 nitrogen and oxygen atoms in total. The maximum atomic E-state index is 12.7. The number of pyridine rings is 1. The van der Waals surface area contributed by atoms with E-state index in [1.54, 1.807) is 36.4 Å². The fraction of sp³-hybridized carbons (Fsp3) is 0.227. The molecule has 3 amide bonds. The Balaban J connectivity index is 1.39. The van der Waals surface area contributed by atoms with Crippen LogP contribution in [0.2, 0.25) is 0 Å². The van der Waals surface area contributed by atoms with E-state index in [4.69, 9.17) is 5.73 Å². The third-order valence-corrected chi connectivity index (χ3v) is 6.16. The lowest BCUT2D eigenvalue weighted by Gasteiger charge is -2.25. The molecule has 0 saturated heterocycles. The molecule has 2 aromatic heterocycles. The van der Waals surface area contributed by atoms with Crippen LogP contribution in [-0.2, 0) is 22.6 Å². The molecule has 0 saturated carbocycles. The minimum Gasteiger partial charge on any atom is -0.397 e. The van der Waals surface area contributed by atoms with Gasteiger partial charge in [0.1, 0.15) is 5.82 Å². The van der Waals surface area contributed by atoms with Gasteiger partial charge in [0, 0.05) is 31.9 Å². The van der Waals surface area contributed by atoms with E-state index >= 15 is 0 Å². The second-order valence-electron chi connectivity index (χ2n) is 7.66. The Morgan fingerprint density at radius 3 is 2.61 bits per heavy atom. The number of carbonyl (C=O) groups excluding carboxylic acids is 3. The average Bonchev–Trinajstić information content (AvgIpc) is 3.24. The minimum atomic E-state index is -0.736. The van der Waals surface area contributed by atoms with Crippen LogP contribution in [0.4, 0.5) is 22.9 Å². The topological polar surface area (TPSA) is 134 Å². The second-order valence-corrected chi connectivity index (χ2v) is 8.74.